The van der Waals surface area contributed by atoms with Crippen LogP contribution in [0.1, 0.15) is 16.1 Å². The monoisotopic (exact) mass is 452 g/mol. The van der Waals surface area contributed by atoms with Crippen LogP contribution in [0.2, 0.25) is 0 Å². The van der Waals surface area contributed by atoms with Crippen LogP contribution in [0.15, 0.2) is 58.0 Å². The fourth-order valence-corrected chi connectivity index (χ4v) is 3.18. The molecule has 4 rings (SSSR count). The van der Waals surface area contributed by atoms with E-state index in [9.17, 15) is 19.7 Å². The highest BCUT2D eigenvalue weighted by Gasteiger charge is 2.17. The molecule has 33 heavy (non-hydrogen) atoms. The number of nitro benzene ring substituents is 1. The van der Waals surface area contributed by atoms with E-state index >= 15 is 0 Å². The Kier molecular flexibility index (Phi) is 6.60. The number of ether oxygens (including phenoxy) is 2. The minimum absolute atomic E-state index is 0.0173. The van der Waals surface area contributed by atoms with Gasteiger partial charge in [0, 0.05) is 30.6 Å². The molecule has 1 aliphatic rings. The molecule has 170 valence electrons. The molecule has 0 bridgehead atoms. The molecule has 1 fully saturated rings. The number of carbonyl (C=O) groups excluding carboxylic acids is 2. The van der Waals surface area contributed by atoms with Gasteiger partial charge in [-0.25, -0.2) is 5.43 Å². The largest absolute Gasteiger partial charge is 0.484 e. The van der Waals surface area contributed by atoms with Gasteiger partial charge in [-0.2, -0.15) is 5.10 Å². The van der Waals surface area contributed by atoms with Gasteiger partial charge in [-0.1, -0.05) is 0 Å². The Morgan fingerprint density at radius 1 is 1.15 bits per heavy atom. The number of morpholine rings is 1. The number of hydrogen-bond donors (Lipinski definition) is 1. The van der Waals surface area contributed by atoms with Gasteiger partial charge in [0.2, 0.25) is 0 Å². The second kappa shape index (κ2) is 9.92. The number of nitro groups is 1. The number of nitrogens with one attached hydrogen (secondary N) is 1. The van der Waals surface area contributed by atoms with Crippen LogP contribution in [0.3, 0.4) is 0 Å². The summed E-state index contributed by atoms with van der Waals surface area (Å²) in [5.41, 5.74) is 3.31. The molecule has 1 saturated heterocycles. The Bertz CT molecular complexity index is 1200. The molecule has 0 atom stereocenters. The highest BCUT2D eigenvalue weighted by atomic mass is 16.6. The van der Waals surface area contributed by atoms with Gasteiger partial charge in [0.1, 0.15) is 11.3 Å². The molecule has 0 saturated carbocycles. The van der Waals surface area contributed by atoms with Crippen molar-refractivity contribution in [2.75, 3.05) is 32.9 Å². The Morgan fingerprint density at radius 3 is 2.64 bits per heavy atom. The average Bonchev–Trinajstić information content (AvgIpc) is 3.27. The van der Waals surface area contributed by atoms with Crippen molar-refractivity contribution in [3.8, 4) is 5.75 Å². The first-order chi connectivity index (χ1) is 16.0. The summed E-state index contributed by atoms with van der Waals surface area (Å²) in [4.78, 5) is 36.4. The van der Waals surface area contributed by atoms with Crippen LogP contribution < -0.4 is 10.2 Å². The van der Waals surface area contributed by atoms with Crippen molar-refractivity contribution < 1.29 is 28.4 Å². The lowest BCUT2D eigenvalue weighted by atomic mass is 10.2. The zero-order chi connectivity index (χ0) is 23.2. The van der Waals surface area contributed by atoms with Gasteiger partial charge >= 0.3 is 5.91 Å². The fraction of sp³-hybridized carbons (Fsp3) is 0.227. The summed E-state index contributed by atoms with van der Waals surface area (Å²) < 4.78 is 16.2. The van der Waals surface area contributed by atoms with Crippen LogP contribution in [-0.2, 0) is 9.53 Å². The van der Waals surface area contributed by atoms with Crippen molar-refractivity contribution in [1.29, 1.82) is 0 Å². The lowest BCUT2D eigenvalue weighted by molar-refractivity contribution is -0.384. The molecule has 0 spiro atoms. The second-order valence-corrected chi connectivity index (χ2v) is 7.14. The zero-order valence-corrected chi connectivity index (χ0v) is 17.4. The number of hydrazone groups is 1. The number of fused-ring (bicyclic) bond motifs is 1. The molecule has 11 heteroatoms. The van der Waals surface area contributed by atoms with Crippen molar-refractivity contribution >= 4 is 34.7 Å². The van der Waals surface area contributed by atoms with E-state index in [1.165, 1.54) is 30.5 Å². The smallest absolute Gasteiger partial charge is 0.307 e. The van der Waals surface area contributed by atoms with Gasteiger partial charge in [-0.3, -0.25) is 19.7 Å². The van der Waals surface area contributed by atoms with E-state index in [1.807, 2.05) is 0 Å². The van der Waals surface area contributed by atoms with Crippen LogP contribution in [0.4, 0.5) is 5.69 Å². The van der Waals surface area contributed by atoms with Crippen LogP contribution >= 0.6 is 0 Å². The van der Waals surface area contributed by atoms with Gasteiger partial charge in [0.05, 0.1) is 24.4 Å². The molecular weight excluding hydrogens is 432 g/mol. The summed E-state index contributed by atoms with van der Waals surface area (Å²) in [5.74, 6) is -0.163. The summed E-state index contributed by atoms with van der Waals surface area (Å²) in [5, 5.41) is 15.2. The Hall–Kier alpha value is -4.25. The number of rotatable bonds is 7. The molecule has 1 aliphatic heterocycles. The van der Waals surface area contributed by atoms with E-state index in [4.69, 9.17) is 13.9 Å². The molecule has 1 N–H and O–H groups in total. The number of nitrogens with zero attached hydrogens (tertiary/aromatic N) is 3. The SMILES string of the molecule is O=C(N/N=C\c1ccc(OCC(=O)N2CCOCC2)cc1)c1cc2cc([N+](=O)[O-])ccc2o1. The van der Waals surface area contributed by atoms with E-state index in [0.29, 0.717) is 48.6 Å². The number of furan rings is 1. The maximum absolute atomic E-state index is 12.2. The van der Waals surface area contributed by atoms with Crippen molar-refractivity contribution in [1.82, 2.24) is 10.3 Å². The van der Waals surface area contributed by atoms with Gasteiger partial charge in [0.25, 0.3) is 11.6 Å². The van der Waals surface area contributed by atoms with E-state index in [2.05, 4.69) is 10.5 Å². The maximum Gasteiger partial charge on any atom is 0.307 e. The molecule has 0 aliphatic carbocycles. The summed E-state index contributed by atoms with van der Waals surface area (Å²) in [6.07, 6.45) is 1.44. The van der Waals surface area contributed by atoms with Crippen molar-refractivity contribution in [3.63, 3.8) is 0 Å². The topological polar surface area (TPSA) is 137 Å². The normalized spacial score (nSPS) is 13.9. The third kappa shape index (κ3) is 5.52. The van der Waals surface area contributed by atoms with Gasteiger partial charge in [-0.15, -0.1) is 0 Å². The summed E-state index contributed by atoms with van der Waals surface area (Å²) in [6.45, 7) is 2.16. The molecule has 0 unspecified atom stereocenters. The zero-order valence-electron chi connectivity index (χ0n) is 17.4. The number of non-ortho nitro benzene ring substituents is 1. The standard InChI is InChI=1S/C22H20N4O7/c27-21(25-7-9-31-10-8-25)14-32-18-4-1-15(2-5-18)13-23-24-22(28)20-12-16-11-17(26(29)30)3-6-19(16)33-20/h1-6,11-13H,7-10,14H2,(H,24,28)/b23-13-. The second-order valence-electron chi connectivity index (χ2n) is 7.14. The number of carbonyl (C=O) groups is 2. The van der Waals surface area contributed by atoms with Gasteiger partial charge in [-0.05, 0) is 42.0 Å². The highest BCUT2D eigenvalue weighted by Crippen LogP contribution is 2.24. The van der Waals surface area contributed by atoms with Crippen LogP contribution in [0.5, 0.6) is 5.75 Å². The predicted molar refractivity (Wildman–Crippen MR) is 117 cm³/mol. The molecule has 1 aromatic heterocycles. The average molecular weight is 452 g/mol. The van der Waals surface area contributed by atoms with Crippen LogP contribution in [0, 0.1) is 10.1 Å². The Labute approximate surface area is 187 Å². The summed E-state index contributed by atoms with van der Waals surface area (Å²) in [7, 11) is 0. The predicted octanol–water partition coefficient (Wildman–Crippen LogP) is 2.34. The number of benzene rings is 2. The first kappa shape index (κ1) is 22.0. The first-order valence-corrected chi connectivity index (χ1v) is 10.1. The van der Waals surface area contributed by atoms with Crippen LogP contribution in [-0.4, -0.2) is 60.8 Å². The Balaban J connectivity index is 1.29. The number of hydrogen-bond acceptors (Lipinski definition) is 8. The maximum atomic E-state index is 12.2. The van der Waals surface area contributed by atoms with Gasteiger partial charge in [0.15, 0.2) is 12.4 Å². The minimum Gasteiger partial charge on any atom is -0.484 e. The molecule has 3 aromatic rings. The third-order valence-corrected chi connectivity index (χ3v) is 4.92. The van der Waals surface area contributed by atoms with E-state index < -0.39 is 10.8 Å². The van der Waals surface area contributed by atoms with Crippen molar-refractivity contribution in [2.24, 2.45) is 5.10 Å². The van der Waals surface area contributed by atoms with E-state index in [0.717, 1.165) is 0 Å². The molecule has 2 heterocycles. The lowest BCUT2D eigenvalue weighted by Crippen LogP contribution is -2.42. The molecule has 2 aromatic carbocycles. The Morgan fingerprint density at radius 2 is 1.91 bits per heavy atom. The molecule has 0 radical (unpaired) electrons. The van der Waals surface area contributed by atoms with Crippen LogP contribution in [0.25, 0.3) is 11.0 Å². The van der Waals surface area contributed by atoms with Crippen molar-refractivity contribution in [2.45, 2.75) is 0 Å². The van der Waals surface area contributed by atoms with E-state index in [-0.39, 0.29) is 24.0 Å². The molecular formula is C22H20N4O7. The highest BCUT2D eigenvalue weighted by molar-refractivity contribution is 5.97. The minimum atomic E-state index is -0.591. The quantitative estimate of drug-likeness (QED) is 0.330. The fourth-order valence-electron chi connectivity index (χ4n) is 3.18. The molecule has 2 amide bonds. The number of amides is 2. The first-order valence-electron chi connectivity index (χ1n) is 10.1. The summed E-state index contributed by atoms with van der Waals surface area (Å²) in [6, 6.07) is 12.3. The lowest BCUT2D eigenvalue weighted by Gasteiger charge is -2.26. The summed E-state index contributed by atoms with van der Waals surface area (Å²) >= 11 is 0. The van der Waals surface area contributed by atoms with Crippen molar-refractivity contribution in [3.05, 3.63) is 70.0 Å². The van der Waals surface area contributed by atoms with E-state index in [1.54, 1.807) is 29.2 Å². The molecule has 11 nitrogen and oxygen atoms in total. The van der Waals surface area contributed by atoms with Gasteiger partial charge < -0.3 is 18.8 Å². The third-order valence-electron chi connectivity index (χ3n) is 4.92.